The standard InChI is InChI=1S/C16H23NO3/c1-12(2)16(8-9-17-11-16)15(18)20-10-13-4-6-14(19-3)7-5-13/h4-7,12,17H,8-11H2,1-3H3. The molecule has 1 saturated heterocycles. The normalized spacial score (nSPS) is 22.0. The molecular weight excluding hydrogens is 254 g/mol. The third kappa shape index (κ3) is 2.96. The fourth-order valence-electron chi connectivity index (χ4n) is 2.63. The molecule has 1 aliphatic rings. The zero-order chi connectivity index (χ0) is 14.6. The van der Waals surface area contributed by atoms with Gasteiger partial charge in [-0.1, -0.05) is 26.0 Å². The Bertz CT molecular complexity index is 447. The lowest BCUT2D eigenvalue weighted by atomic mass is 9.76. The average Bonchev–Trinajstić information content (AvgIpc) is 2.96. The first-order valence-corrected chi connectivity index (χ1v) is 7.09. The van der Waals surface area contributed by atoms with Crippen LogP contribution in [0.15, 0.2) is 24.3 Å². The summed E-state index contributed by atoms with van der Waals surface area (Å²) in [5.74, 6) is 0.993. The van der Waals surface area contributed by atoms with E-state index in [9.17, 15) is 4.79 Å². The molecule has 0 aromatic heterocycles. The summed E-state index contributed by atoms with van der Waals surface area (Å²) >= 11 is 0. The average molecular weight is 277 g/mol. The molecule has 2 rings (SSSR count). The molecule has 1 aromatic rings. The number of carbonyl (C=O) groups is 1. The quantitative estimate of drug-likeness (QED) is 0.839. The van der Waals surface area contributed by atoms with Gasteiger partial charge in [-0.25, -0.2) is 0 Å². The zero-order valence-electron chi connectivity index (χ0n) is 12.4. The highest BCUT2D eigenvalue weighted by Crippen LogP contribution is 2.35. The predicted molar refractivity (Wildman–Crippen MR) is 77.5 cm³/mol. The second kappa shape index (κ2) is 6.27. The molecule has 20 heavy (non-hydrogen) atoms. The highest BCUT2D eigenvalue weighted by Gasteiger charge is 2.45. The number of carbonyl (C=O) groups excluding carboxylic acids is 1. The minimum atomic E-state index is -0.369. The molecule has 0 bridgehead atoms. The van der Waals surface area contributed by atoms with Crippen molar-refractivity contribution in [3.8, 4) is 5.75 Å². The molecule has 4 nitrogen and oxygen atoms in total. The zero-order valence-corrected chi connectivity index (χ0v) is 12.4. The van der Waals surface area contributed by atoms with E-state index in [-0.39, 0.29) is 17.3 Å². The van der Waals surface area contributed by atoms with Crippen molar-refractivity contribution in [3.05, 3.63) is 29.8 Å². The van der Waals surface area contributed by atoms with E-state index in [4.69, 9.17) is 9.47 Å². The van der Waals surface area contributed by atoms with Crippen LogP contribution in [0, 0.1) is 11.3 Å². The van der Waals surface area contributed by atoms with Gasteiger partial charge in [-0.05, 0) is 36.6 Å². The van der Waals surface area contributed by atoms with Crippen molar-refractivity contribution in [1.29, 1.82) is 0 Å². The molecule has 1 heterocycles. The third-order valence-corrected chi connectivity index (χ3v) is 4.23. The van der Waals surface area contributed by atoms with Crippen LogP contribution in [0.3, 0.4) is 0 Å². The van der Waals surface area contributed by atoms with Gasteiger partial charge in [0.05, 0.1) is 12.5 Å². The Morgan fingerprint density at radius 2 is 2.05 bits per heavy atom. The van der Waals surface area contributed by atoms with E-state index in [0.717, 1.165) is 24.3 Å². The Labute approximate surface area is 120 Å². The Balaban J connectivity index is 1.96. The van der Waals surface area contributed by atoms with Crippen LogP contribution < -0.4 is 10.1 Å². The van der Waals surface area contributed by atoms with E-state index in [1.165, 1.54) is 0 Å². The SMILES string of the molecule is COc1ccc(COC(=O)C2(C(C)C)CCNC2)cc1. The minimum absolute atomic E-state index is 0.0895. The maximum absolute atomic E-state index is 12.4. The van der Waals surface area contributed by atoms with Gasteiger partial charge in [0, 0.05) is 6.54 Å². The van der Waals surface area contributed by atoms with Crippen LogP contribution in [-0.2, 0) is 16.1 Å². The number of methoxy groups -OCH3 is 1. The van der Waals surface area contributed by atoms with E-state index in [1.807, 2.05) is 24.3 Å². The molecule has 0 amide bonds. The monoisotopic (exact) mass is 277 g/mol. The number of hydrogen-bond donors (Lipinski definition) is 1. The number of ether oxygens (including phenoxy) is 2. The molecule has 4 heteroatoms. The number of nitrogens with one attached hydrogen (secondary N) is 1. The van der Waals surface area contributed by atoms with E-state index in [1.54, 1.807) is 7.11 Å². The number of hydrogen-bond acceptors (Lipinski definition) is 4. The second-order valence-electron chi connectivity index (χ2n) is 5.66. The Morgan fingerprint density at radius 3 is 2.55 bits per heavy atom. The van der Waals surface area contributed by atoms with Crippen LogP contribution in [0.5, 0.6) is 5.75 Å². The van der Waals surface area contributed by atoms with Crippen LogP contribution in [-0.4, -0.2) is 26.2 Å². The van der Waals surface area contributed by atoms with Crippen molar-refractivity contribution in [2.75, 3.05) is 20.2 Å². The van der Waals surface area contributed by atoms with E-state index < -0.39 is 0 Å². The number of benzene rings is 1. The fourth-order valence-corrected chi connectivity index (χ4v) is 2.63. The summed E-state index contributed by atoms with van der Waals surface area (Å²) in [4.78, 5) is 12.4. The second-order valence-corrected chi connectivity index (χ2v) is 5.66. The molecule has 110 valence electrons. The summed E-state index contributed by atoms with van der Waals surface area (Å²) in [7, 11) is 1.63. The molecule has 1 atom stereocenters. The lowest BCUT2D eigenvalue weighted by Crippen LogP contribution is -2.39. The fraction of sp³-hybridized carbons (Fsp3) is 0.562. The van der Waals surface area contributed by atoms with E-state index in [0.29, 0.717) is 13.2 Å². The van der Waals surface area contributed by atoms with Crippen molar-refractivity contribution in [2.45, 2.75) is 26.9 Å². The van der Waals surface area contributed by atoms with E-state index in [2.05, 4.69) is 19.2 Å². The summed E-state index contributed by atoms with van der Waals surface area (Å²) in [6.07, 6.45) is 0.853. The summed E-state index contributed by atoms with van der Waals surface area (Å²) in [5, 5.41) is 3.27. The molecule has 1 aromatic carbocycles. The molecule has 0 radical (unpaired) electrons. The molecule has 0 spiro atoms. The highest BCUT2D eigenvalue weighted by atomic mass is 16.5. The van der Waals surface area contributed by atoms with Gasteiger partial charge in [0.2, 0.25) is 0 Å². The first-order chi connectivity index (χ1) is 9.58. The van der Waals surface area contributed by atoms with Crippen molar-refractivity contribution in [2.24, 2.45) is 11.3 Å². The molecular formula is C16H23NO3. The summed E-state index contributed by atoms with van der Waals surface area (Å²) in [6.45, 7) is 6.09. The maximum atomic E-state index is 12.4. The van der Waals surface area contributed by atoms with Crippen LogP contribution >= 0.6 is 0 Å². The maximum Gasteiger partial charge on any atom is 0.314 e. The number of rotatable bonds is 5. The van der Waals surface area contributed by atoms with Gasteiger partial charge in [0.15, 0.2) is 0 Å². The first-order valence-electron chi connectivity index (χ1n) is 7.09. The summed E-state index contributed by atoms with van der Waals surface area (Å²) < 4.78 is 10.6. The lowest BCUT2D eigenvalue weighted by molar-refractivity contribution is -0.159. The van der Waals surface area contributed by atoms with Crippen molar-refractivity contribution >= 4 is 5.97 Å². The van der Waals surface area contributed by atoms with Gasteiger partial charge in [-0.3, -0.25) is 4.79 Å². The van der Waals surface area contributed by atoms with Crippen LogP contribution in [0.25, 0.3) is 0 Å². The third-order valence-electron chi connectivity index (χ3n) is 4.23. The van der Waals surface area contributed by atoms with Gasteiger partial charge in [0.1, 0.15) is 12.4 Å². The predicted octanol–water partition coefficient (Wildman–Crippen LogP) is 2.37. The van der Waals surface area contributed by atoms with Gasteiger partial charge >= 0.3 is 5.97 Å². The lowest BCUT2D eigenvalue weighted by Gasteiger charge is -2.29. The van der Waals surface area contributed by atoms with Crippen LogP contribution in [0.1, 0.15) is 25.8 Å². The molecule has 1 unspecified atom stereocenters. The van der Waals surface area contributed by atoms with Gasteiger partial charge in [0.25, 0.3) is 0 Å². The first kappa shape index (κ1) is 14.9. The molecule has 1 N–H and O–H groups in total. The Hall–Kier alpha value is -1.55. The van der Waals surface area contributed by atoms with Crippen molar-refractivity contribution in [1.82, 2.24) is 5.32 Å². The van der Waals surface area contributed by atoms with E-state index >= 15 is 0 Å². The van der Waals surface area contributed by atoms with Gasteiger partial charge < -0.3 is 14.8 Å². The summed E-state index contributed by atoms with van der Waals surface area (Å²) in [6, 6.07) is 7.58. The van der Waals surface area contributed by atoms with Crippen LogP contribution in [0.4, 0.5) is 0 Å². The van der Waals surface area contributed by atoms with Crippen molar-refractivity contribution in [3.63, 3.8) is 0 Å². The Kier molecular flexibility index (Phi) is 4.65. The van der Waals surface area contributed by atoms with Gasteiger partial charge in [-0.15, -0.1) is 0 Å². The Morgan fingerprint density at radius 1 is 1.35 bits per heavy atom. The summed E-state index contributed by atoms with van der Waals surface area (Å²) in [5.41, 5.74) is 0.607. The van der Waals surface area contributed by atoms with Crippen molar-refractivity contribution < 1.29 is 14.3 Å². The molecule has 0 aliphatic carbocycles. The molecule has 1 aliphatic heterocycles. The minimum Gasteiger partial charge on any atom is -0.497 e. The number of esters is 1. The smallest absolute Gasteiger partial charge is 0.314 e. The van der Waals surface area contributed by atoms with Gasteiger partial charge in [-0.2, -0.15) is 0 Å². The van der Waals surface area contributed by atoms with Crippen LogP contribution in [0.2, 0.25) is 0 Å². The molecule has 0 saturated carbocycles. The largest absolute Gasteiger partial charge is 0.497 e. The highest BCUT2D eigenvalue weighted by molar-refractivity contribution is 5.78. The topological polar surface area (TPSA) is 47.6 Å². The molecule has 1 fully saturated rings.